The van der Waals surface area contributed by atoms with Crippen LogP contribution >= 0.6 is 0 Å². The molecule has 102 valence electrons. The molecule has 0 aliphatic carbocycles. The first-order valence-electron chi connectivity index (χ1n) is 5.62. The van der Waals surface area contributed by atoms with E-state index in [0.717, 1.165) is 16.7 Å². The third-order valence-corrected chi connectivity index (χ3v) is 2.67. The number of aryl methyl sites for hydroxylation is 2. The van der Waals surface area contributed by atoms with Crippen molar-refractivity contribution in [1.29, 1.82) is 0 Å². The zero-order chi connectivity index (χ0) is 13.9. The number of ether oxygens (including phenoxy) is 1. The minimum atomic E-state index is -4.18. The zero-order valence-electron chi connectivity index (χ0n) is 11.1. The molecule has 0 unspecified atom stereocenters. The Hall–Kier alpha value is -1.23. The van der Waals surface area contributed by atoms with Crippen molar-refractivity contribution in [2.75, 3.05) is 20.7 Å². The van der Waals surface area contributed by atoms with Gasteiger partial charge in [0.1, 0.15) is 5.75 Å². The number of rotatable bonds is 4. The van der Waals surface area contributed by atoms with Crippen LogP contribution in [0.3, 0.4) is 0 Å². The van der Waals surface area contributed by atoms with E-state index in [1.165, 1.54) is 19.1 Å². The van der Waals surface area contributed by atoms with Crippen molar-refractivity contribution in [3.63, 3.8) is 0 Å². The second-order valence-corrected chi connectivity index (χ2v) is 4.55. The van der Waals surface area contributed by atoms with E-state index in [1.807, 2.05) is 26.0 Å². The van der Waals surface area contributed by atoms with Crippen LogP contribution in [0.2, 0.25) is 0 Å². The van der Waals surface area contributed by atoms with E-state index in [-0.39, 0.29) is 6.54 Å². The fraction of sp³-hybridized carbons (Fsp3) is 0.538. The van der Waals surface area contributed by atoms with Gasteiger partial charge in [-0.1, -0.05) is 6.07 Å². The molecule has 0 saturated heterocycles. The van der Waals surface area contributed by atoms with Crippen molar-refractivity contribution >= 4 is 0 Å². The average molecular weight is 261 g/mol. The number of hydrogen-bond donors (Lipinski definition) is 0. The molecule has 18 heavy (non-hydrogen) atoms. The molecule has 2 nitrogen and oxygen atoms in total. The molecule has 0 aliphatic rings. The van der Waals surface area contributed by atoms with Gasteiger partial charge in [-0.25, -0.2) is 0 Å². The molecule has 1 rings (SSSR count). The standard InChI is InChI=1S/C13H18F3NO/c1-9-5-10(2)11(12(6-9)18-4)7-17(3)8-13(14,15)16/h5-6H,7-8H2,1-4H3. The Kier molecular flexibility index (Phi) is 4.62. The van der Waals surface area contributed by atoms with Gasteiger partial charge in [-0.15, -0.1) is 0 Å². The summed E-state index contributed by atoms with van der Waals surface area (Å²) in [5.74, 6) is 0.640. The molecule has 0 heterocycles. The van der Waals surface area contributed by atoms with Gasteiger partial charge in [-0.3, -0.25) is 4.90 Å². The fourth-order valence-electron chi connectivity index (χ4n) is 1.98. The summed E-state index contributed by atoms with van der Waals surface area (Å²) in [6, 6.07) is 3.78. The summed E-state index contributed by atoms with van der Waals surface area (Å²) in [6.45, 7) is 3.10. The van der Waals surface area contributed by atoms with Crippen LogP contribution in [0.15, 0.2) is 12.1 Å². The van der Waals surface area contributed by atoms with Gasteiger partial charge in [-0.2, -0.15) is 13.2 Å². The van der Waals surface area contributed by atoms with Crippen molar-refractivity contribution in [3.05, 3.63) is 28.8 Å². The summed E-state index contributed by atoms with van der Waals surface area (Å²) in [7, 11) is 2.98. The van der Waals surface area contributed by atoms with Gasteiger partial charge in [0.15, 0.2) is 0 Å². The summed E-state index contributed by atoms with van der Waals surface area (Å²) >= 11 is 0. The number of alkyl halides is 3. The smallest absolute Gasteiger partial charge is 0.401 e. The molecule has 1 aromatic carbocycles. The number of nitrogens with zero attached hydrogens (tertiary/aromatic N) is 1. The highest BCUT2D eigenvalue weighted by Crippen LogP contribution is 2.26. The Balaban J connectivity index is 2.90. The normalized spacial score (nSPS) is 12.0. The number of hydrogen-bond acceptors (Lipinski definition) is 2. The summed E-state index contributed by atoms with van der Waals surface area (Å²) < 4.78 is 42.1. The van der Waals surface area contributed by atoms with Crippen molar-refractivity contribution in [2.24, 2.45) is 0 Å². The summed E-state index contributed by atoms with van der Waals surface area (Å²) in [5.41, 5.74) is 2.78. The molecule has 0 fully saturated rings. The third kappa shape index (κ3) is 4.22. The second kappa shape index (κ2) is 5.61. The van der Waals surface area contributed by atoms with E-state index in [9.17, 15) is 13.2 Å². The molecule has 0 radical (unpaired) electrons. The first kappa shape index (κ1) is 14.8. The molecule has 0 bridgehead atoms. The van der Waals surface area contributed by atoms with Crippen LogP contribution in [-0.4, -0.2) is 31.8 Å². The van der Waals surface area contributed by atoms with Gasteiger partial charge in [0.25, 0.3) is 0 Å². The summed E-state index contributed by atoms with van der Waals surface area (Å²) in [6.07, 6.45) is -4.18. The van der Waals surface area contributed by atoms with Gasteiger partial charge < -0.3 is 4.74 Å². The second-order valence-electron chi connectivity index (χ2n) is 4.55. The Labute approximate surface area is 105 Å². The van der Waals surface area contributed by atoms with Crippen LogP contribution < -0.4 is 4.74 Å². The van der Waals surface area contributed by atoms with Gasteiger partial charge in [-0.05, 0) is 38.1 Å². The maximum absolute atomic E-state index is 12.3. The Morgan fingerprint density at radius 1 is 1.22 bits per heavy atom. The van der Waals surface area contributed by atoms with E-state index in [0.29, 0.717) is 5.75 Å². The number of benzene rings is 1. The maximum atomic E-state index is 12.3. The molecule has 0 spiro atoms. The van der Waals surface area contributed by atoms with Crippen LogP contribution in [0, 0.1) is 13.8 Å². The molecular formula is C13H18F3NO. The molecule has 0 N–H and O–H groups in total. The highest BCUT2D eigenvalue weighted by atomic mass is 19.4. The molecule has 0 atom stereocenters. The largest absolute Gasteiger partial charge is 0.496 e. The van der Waals surface area contributed by atoms with Gasteiger partial charge in [0.05, 0.1) is 13.7 Å². The van der Waals surface area contributed by atoms with Gasteiger partial charge in [0, 0.05) is 12.1 Å². The highest BCUT2D eigenvalue weighted by molar-refractivity contribution is 5.42. The van der Waals surface area contributed by atoms with Crippen LogP contribution in [0.1, 0.15) is 16.7 Å². The minimum Gasteiger partial charge on any atom is -0.496 e. The lowest BCUT2D eigenvalue weighted by molar-refractivity contribution is -0.144. The minimum absolute atomic E-state index is 0.217. The Morgan fingerprint density at radius 3 is 2.33 bits per heavy atom. The number of halogens is 3. The first-order valence-corrected chi connectivity index (χ1v) is 5.62. The number of methoxy groups -OCH3 is 1. The monoisotopic (exact) mass is 261 g/mol. The van der Waals surface area contributed by atoms with E-state index >= 15 is 0 Å². The van der Waals surface area contributed by atoms with Crippen LogP contribution in [0.25, 0.3) is 0 Å². The molecule has 0 aliphatic heterocycles. The SMILES string of the molecule is COc1cc(C)cc(C)c1CN(C)CC(F)(F)F. The topological polar surface area (TPSA) is 12.5 Å². The van der Waals surface area contributed by atoms with E-state index in [2.05, 4.69) is 0 Å². The average Bonchev–Trinajstić information content (AvgIpc) is 2.18. The van der Waals surface area contributed by atoms with E-state index in [1.54, 1.807) is 0 Å². The van der Waals surface area contributed by atoms with E-state index < -0.39 is 12.7 Å². The first-order chi connectivity index (χ1) is 8.23. The predicted octanol–water partition coefficient (Wildman–Crippen LogP) is 3.31. The molecule has 0 saturated carbocycles. The van der Waals surface area contributed by atoms with Crippen LogP contribution in [-0.2, 0) is 6.54 Å². The fourth-order valence-corrected chi connectivity index (χ4v) is 1.98. The van der Waals surface area contributed by atoms with Crippen molar-refractivity contribution < 1.29 is 17.9 Å². The van der Waals surface area contributed by atoms with Gasteiger partial charge in [0.2, 0.25) is 0 Å². The van der Waals surface area contributed by atoms with Crippen molar-refractivity contribution in [3.8, 4) is 5.75 Å². The maximum Gasteiger partial charge on any atom is 0.401 e. The van der Waals surface area contributed by atoms with Crippen molar-refractivity contribution in [2.45, 2.75) is 26.6 Å². The predicted molar refractivity (Wildman–Crippen MR) is 64.9 cm³/mol. The Morgan fingerprint density at radius 2 is 1.83 bits per heavy atom. The van der Waals surface area contributed by atoms with Crippen LogP contribution in [0.4, 0.5) is 13.2 Å². The lowest BCUT2D eigenvalue weighted by Crippen LogP contribution is -2.30. The molecule has 0 amide bonds. The lowest BCUT2D eigenvalue weighted by Gasteiger charge is -2.21. The molecule has 5 heteroatoms. The molecule has 0 aromatic heterocycles. The molecular weight excluding hydrogens is 243 g/mol. The summed E-state index contributed by atoms with van der Waals surface area (Å²) in [4.78, 5) is 1.24. The van der Waals surface area contributed by atoms with Gasteiger partial charge >= 0.3 is 6.18 Å². The molecule has 1 aromatic rings. The zero-order valence-corrected chi connectivity index (χ0v) is 11.1. The van der Waals surface area contributed by atoms with Crippen molar-refractivity contribution in [1.82, 2.24) is 4.90 Å². The lowest BCUT2D eigenvalue weighted by atomic mass is 10.0. The Bertz CT molecular complexity index is 415. The van der Waals surface area contributed by atoms with E-state index in [4.69, 9.17) is 4.74 Å². The van der Waals surface area contributed by atoms with Crippen LogP contribution in [0.5, 0.6) is 5.75 Å². The highest BCUT2D eigenvalue weighted by Gasteiger charge is 2.29. The summed E-state index contributed by atoms with van der Waals surface area (Å²) in [5, 5.41) is 0. The third-order valence-electron chi connectivity index (χ3n) is 2.67. The quantitative estimate of drug-likeness (QED) is 0.824.